The number of amides is 1. The molecule has 0 spiro atoms. The van der Waals surface area contributed by atoms with Crippen molar-refractivity contribution >= 4 is 23.4 Å². The predicted molar refractivity (Wildman–Crippen MR) is 211 cm³/mol. The molecule has 0 aliphatic heterocycles. The van der Waals surface area contributed by atoms with Gasteiger partial charge in [0.2, 0.25) is 0 Å². The largest absolute Gasteiger partial charge is 0.497 e. The molecule has 1 N–H and O–H groups in total. The lowest BCUT2D eigenvalue weighted by Gasteiger charge is -2.33. The number of allylic oxidation sites excluding steroid dienone is 1. The molecule has 0 fully saturated rings. The molecule has 0 bridgehead atoms. The van der Waals surface area contributed by atoms with E-state index in [1.807, 2.05) is 103 Å². The zero-order valence-corrected chi connectivity index (χ0v) is 29.8. The number of ether oxygens (including phenoxy) is 3. The van der Waals surface area contributed by atoms with Crippen LogP contribution in [-0.2, 0) is 21.5 Å². The molecule has 1 unspecified atom stereocenters. The van der Waals surface area contributed by atoms with Crippen LogP contribution in [0.15, 0.2) is 188 Å². The molecule has 6 rings (SSSR count). The highest BCUT2D eigenvalue weighted by atomic mass is 32.1. The molecular formula is C46H41NO4S. The second-order valence-corrected chi connectivity index (χ2v) is 12.7. The smallest absolute Gasteiger partial charge is 0.408 e. The quantitative estimate of drug-likeness (QED) is 0.0695. The van der Waals surface area contributed by atoms with Gasteiger partial charge in [-0.15, -0.1) is 0 Å². The fourth-order valence-electron chi connectivity index (χ4n) is 6.32. The van der Waals surface area contributed by atoms with E-state index in [1.165, 1.54) is 0 Å². The third-order valence-corrected chi connectivity index (χ3v) is 9.35. The van der Waals surface area contributed by atoms with Gasteiger partial charge < -0.3 is 19.5 Å². The van der Waals surface area contributed by atoms with Crippen LogP contribution in [0.4, 0.5) is 4.79 Å². The Labute approximate surface area is 311 Å². The molecule has 0 saturated heterocycles. The fraction of sp³-hybridized carbons (Fsp3) is 0.130. The summed E-state index contributed by atoms with van der Waals surface area (Å²) in [7, 11) is 1.61. The number of alkyl carbamates (subject to hydrolysis) is 1. The number of benzene rings is 6. The number of carbonyl (C=O) groups is 1. The van der Waals surface area contributed by atoms with E-state index in [0.717, 1.165) is 39.1 Å². The van der Waals surface area contributed by atoms with E-state index in [1.54, 1.807) is 7.11 Å². The first kappa shape index (κ1) is 35.8. The SMILES string of the molecule is COc1ccc(COC(=O)NC(C/C=C\C(c2ccccc2)(c2ccccc2)c2ccccc2)C(=S)OC(c2ccccc2)c2ccccc2)cc1. The summed E-state index contributed by atoms with van der Waals surface area (Å²) < 4.78 is 17.6. The number of nitrogens with one attached hydrogen (secondary N) is 1. The van der Waals surface area contributed by atoms with Crippen LogP contribution in [0.5, 0.6) is 5.75 Å². The van der Waals surface area contributed by atoms with Crippen molar-refractivity contribution in [1.82, 2.24) is 5.32 Å². The molecule has 52 heavy (non-hydrogen) atoms. The predicted octanol–water partition coefficient (Wildman–Crippen LogP) is 10.4. The second kappa shape index (κ2) is 17.8. The average molecular weight is 704 g/mol. The summed E-state index contributed by atoms with van der Waals surface area (Å²) in [6.45, 7) is 0.0851. The van der Waals surface area contributed by atoms with Gasteiger partial charge in [-0.3, -0.25) is 0 Å². The van der Waals surface area contributed by atoms with Gasteiger partial charge in [-0.25, -0.2) is 4.79 Å². The van der Waals surface area contributed by atoms with Crippen LogP contribution in [-0.4, -0.2) is 24.3 Å². The van der Waals surface area contributed by atoms with E-state index in [0.29, 0.717) is 6.42 Å². The van der Waals surface area contributed by atoms with Crippen LogP contribution in [0, 0.1) is 0 Å². The minimum Gasteiger partial charge on any atom is -0.497 e. The number of carbonyl (C=O) groups excluding carboxylic acids is 1. The molecule has 0 aliphatic carbocycles. The lowest BCUT2D eigenvalue weighted by molar-refractivity contribution is 0.136. The van der Waals surface area contributed by atoms with Crippen molar-refractivity contribution in [1.29, 1.82) is 0 Å². The molecule has 0 radical (unpaired) electrons. The van der Waals surface area contributed by atoms with Crippen molar-refractivity contribution in [3.63, 3.8) is 0 Å². The molecule has 1 amide bonds. The number of rotatable bonds is 14. The van der Waals surface area contributed by atoms with Crippen LogP contribution < -0.4 is 10.1 Å². The maximum Gasteiger partial charge on any atom is 0.408 e. The molecule has 0 aliphatic rings. The van der Waals surface area contributed by atoms with Crippen molar-refractivity contribution in [2.24, 2.45) is 0 Å². The van der Waals surface area contributed by atoms with E-state index in [-0.39, 0.29) is 11.7 Å². The third-order valence-electron chi connectivity index (χ3n) is 8.97. The number of hydrogen-bond acceptors (Lipinski definition) is 5. The number of thiocarbonyl (C=S) groups is 1. The lowest BCUT2D eigenvalue weighted by atomic mass is 9.69. The average Bonchev–Trinajstić information content (AvgIpc) is 3.22. The summed E-state index contributed by atoms with van der Waals surface area (Å²) in [5, 5.41) is 3.26. The molecule has 1 atom stereocenters. The topological polar surface area (TPSA) is 56.8 Å². The second-order valence-electron chi connectivity index (χ2n) is 12.3. The van der Waals surface area contributed by atoms with E-state index in [9.17, 15) is 4.79 Å². The Morgan fingerprint density at radius 2 is 1.10 bits per heavy atom. The molecule has 6 aromatic rings. The van der Waals surface area contributed by atoms with Crippen molar-refractivity contribution in [3.05, 3.63) is 221 Å². The molecule has 6 heteroatoms. The summed E-state index contributed by atoms with van der Waals surface area (Å²) in [4.78, 5) is 13.4. The molecule has 5 nitrogen and oxygen atoms in total. The Bertz CT molecular complexity index is 1890. The van der Waals surface area contributed by atoms with Crippen molar-refractivity contribution < 1.29 is 19.0 Å². The van der Waals surface area contributed by atoms with Gasteiger partial charge in [0.25, 0.3) is 0 Å². The standard InChI is InChI=1S/C46H41NO4S/c1-49-41-31-29-35(30-32-41)34-50-45(48)47-42(44(52)51-43(36-18-7-2-8-19-36)37-20-9-3-10-21-37)28-17-33-46(38-22-11-4-12-23-38,39-24-13-5-14-25-39)40-26-15-6-16-27-40/h2-27,29-33,42-43H,28,34H2,1H3,(H,47,48)/b33-17-. The van der Waals surface area contributed by atoms with Gasteiger partial charge in [0, 0.05) is 0 Å². The van der Waals surface area contributed by atoms with Gasteiger partial charge in [-0.05, 0) is 64.2 Å². The molecule has 260 valence electrons. The van der Waals surface area contributed by atoms with Crippen molar-refractivity contribution in [2.75, 3.05) is 7.11 Å². The Morgan fingerprint density at radius 1 is 0.654 bits per heavy atom. The van der Waals surface area contributed by atoms with E-state index in [2.05, 4.69) is 90.3 Å². The lowest BCUT2D eigenvalue weighted by Crippen LogP contribution is -2.41. The summed E-state index contributed by atoms with van der Waals surface area (Å²) in [6, 6.07) is 57.9. The van der Waals surface area contributed by atoms with Gasteiger partial charge in [-0.2, -0.15) is 0 Å². The highest BCUT2D eigenvalue weighted by molar-refractivity contribution is 7.80. The zero-order valence-electron chi connectivity index (χ0n) is 29.0. The van der Waals surface area contributed by atoms with E-state index >= 15 is 0 Å². The summed E-state index contributed by atoms with van der Waals surface area (Å²) in [5.41, 5.74) is 5.44. The van der Waals surface area contributed by atoms with Crippen LogP contribution in [0.25, 0.3) is 0 Å². The van der Waals surface area contributed by atoms with Crippen LogP contribution >= 0.6 is 12.2 Å². The number of hydrogen-bond donors (Lipinski definition) is 1. The Kier molecular flexibility index (Phi) is 12.3. The van der Waals surface area contributed by atoms with Gasteiger partial charge in [-0.1, -0.05) is 176 Å². The van der Waals surface area contributed by atoms with Crippen LogP contribution in [0.3, 0.4) is 0 Å². The Morgan fingerprint density at radius 3 is 1.54 bits per heavy atom. The Hall–Kier alpha value is -5.98. The first-order valence-corrected chi connectivity index (χ1v) is 17.7. The molecule has 6 aromatic carbocycles. The van der Waals surface area contributed by atoms with Gasteiger partial charge in [0.05, 0.1) is 12.5 Å². The maximum absolute atomic E-state index is 13.4. The molecule has 0 heterocycles. The third kappa shape index (κ3) is 8.84. The normalized spacial score (nSPS) is 11.9. The first-order valence-electron chi connectivity index (χ1n) is 17.3. The Balaban J connectivity index is 1.33. The monoisotopic (exact) mass is 703 g/mol. The highest BCUT2D eigenvalue weighted by Gasteiger charge is 2.34. The molecule has 0 saturated carbocycles. The summed E-state index contributed by atoms with van der Waals surface area (Å²) in [6.07, 6.45) is 3.56. The van der Waals surface area contributed by atoms with Crippen molar-refractivity contribution in [2.45, 2.75) is 30.6 Å². The van der Waals surface area contributed by atoms with Gasteiger partial charge >= 0.3 is 6.09 Å². The van der Waals surface area contributed by atoms with Crippen molar-refractivity contribution in [3.8, 4) is 5.75 Å². The fourth-order valence-corrected chi connectivity index (χ4v) is 6.58. The van der Waals surface area contributed by atoms with E-state index in [4.69, 9.17) is 26.4 Å². The number of methoxy groups -OCH3 is 1. The zero-order chi connectivity index (χ0) is 36.0. The van der Waals surface area contributed by atoms with Gasteiger partial charge in [0.15, 0.2) is 5.05 Å². The molecule has 0 aromatic heterocycles. The highest BCUT2D eigenvalue weighted by Crippen LogP contribution is 2.41. The summed E-state index contributed by atoms with van der Waals surface area (Å²) >= 11 is 6.02. The first-order chi connectivity index (χ1) is 25.6. The minimum absolute atomic E-state index is 0.0851. The molecular weight excluding hydrogens is 663 g/mol. The maximum atomic E-state index is 13.4. The van der Waals surface area contributed by atoms with Crippen LogP contribution in [0.1, 0.15) is 45.9 Å². The minimum atomic E-state index is -0.690. The van der Waals surface area contributed by atoms with Gasteiger partial charge in [0.1, 0.15) is 24.5 Å². The summed E-state index contributed by atoms with van der Waals surface area (Å²) in [5.74, 6) is 0.728. The van der Waals surface area contributed by atoms with E-state index < -0.39 is 23.7 Å². The van der Waals surface area contributed by atoms with Crippen LogP contribution in [0.2, 0.25) is 0 Å².